The summed E-state index contributed by atoms with van der Waals surface area (Å²) in [6.45, 7) is 21.4. The number of aliphatic imine (C=N–C) groups is 1. The summed E-state index contributed by atoms with van der Waals surface area (Å²) >= 11 is 0. The Morgan fingerprint density at radius 2 is 1.13 bits per heavy atom. The topological polar surface area (TPSA) is 115 Å². The average Bonchev–Trinajstić information content (AvgIpc) is 2.59. The molecule has 0 aliphatic rings. The van der Waals surface area contributed by atoms with Crippen LogP contribution in [0.15, 0.2) is 4.99 Å². The van der Waals surface area contributed by atoms with Crippen LogP contribution in [0.2, 0.25) is 0 Å². The molecule has 0 atom stereocenters. The molecule has 0 unspecified atom stereocenters. The number of nitrogens with one attached hydrogen (secondary N) is 2. The lowest BCUT2D eigenvalue weighted by Crippen LogP contribution is -2.47. The number of hydrogen-bond donors (Lipinski definition) is 3. The Labute approximate surface area is 185 Å². The Morgan fingerprint density at radius 3 is 1.40 bits per heavy atom. The first-order valence-electron chi connectivity index (χ1n) is 11.0. The van der Waals surface area contributed by atoms with Crippen LogP contribution in [0, 0.1) is 0 Å². The average molecular weight is 435 g/mol. The minimum absolute atomic E-state index is 0.0320. The van der Waals surface area contributed by atoms with Gasteiger partial charge in [-0.2, -0.15) is 0 Å². The summed E-state index contributed by atoms with van der Waals surface area (Å²) < 4.78 is 10.3. The molecule has 0 aliphatic heterocycles. The number of unbranched alkanes of at least 4 members (excludes halogenated alkanes) is 2. The number of ether oxygens (including phenoxy) is 2. The van der Waals surface area contributed by atoms with Crippen molar-refractivity contribution >= 4 is 18.1 Å². The molecule has 0 spiro atoms. The van der Waals surface area contributed by atoms with Gasteiger partial charge in [0, 0.05) is 6.54 Å². The highest BCUT2D eigenvalue weighted by atomic mass is 16.6. The number of carbonyl (C=O) groups excluding carboxylic acids is 2. The minimum Gasteiger partial charge on any atom is -0.444 e. The van der Waals surface area contributed by atoms with E-state index in [1.54, 1.807) is 41.5 Å². The molecule has 0 heterocycles. The molecule has 0 aromatic rings. The predicted molar refractivity (Wildman–Crippen MR) is 128 cm³/mol. The van der Waals surface area contributed by atoms with Gasteiger partial charge in [0.25, 0.3) is 0 Å². The second-order valence-electron chi connectivity index (χ2n) is 7.90. The van der Waals surface area contributed by atoms with E-state index in [0.717, 1.165) is 19.3 Å². The van der Waals surface area contributed by atoms with Crippen LogP contribution < -0.4 is 16.4 Å². The lowest BCUT2D eigenvalue weighted by atomic mass is 10.2. The summed E-state index contributed by atoms with van der Waals surface area (Å²) in [6, 6.07) is 0. The van der Waals surface area contributed by atoms with Crippen LogP contribution in [0.25, 0.3) is 0 Å². The standard InChI is InChI=1S/C16H31N3O4.C3H8.C2H6.CH5N/c1-8-9-10-11-17-12(18-13(20)22-15(2,3)4)19-14(21)23-16(5,6)7;1-3-2;2*1-2/h8-11H2,1-7H3,(H2,17,18,19,20,21);3H2,1-2H3;1-2H3;2H2,1H3. The quantitative estimate of drug-likeness (QED) is 0.303. The summed E-state index contributed by atoms with van der Waals surface area (Å²) in [7, 11) is 1.50. The zero-order valence-electron chi connectivity index (χ0n) is 21.7. The normalized spacial score (nSPS) is 9.77. The first-order chi connectivity index (χ1) is 13.8. The number of nitrogens with zero attached hydrogens (tertiary/aromatic N) is 1. The highest BCUT2D eigenvalue weighted by Gasteiger charge is 2.21. The number of alkyl carbamates (subject to hydrolysis) is 2. The number of rotatable bonds is 4. The van der Waals surface area contributed by atoms with Crippen LogP contribution in [0.4, 0.5) is 9.59 Å². The molecule has 0 radical (unpaired) electrons. The van der Waals surface area contributed by atoms with Crippen molar-refractivity contribution < 1.29 is 19.1 Å². The number of guanidine groups is 1. The molecule has 0 aliphatic carbocycles. The van der Waals surface area contributed by atoms with Crippen LogP contribution >= 0.6 is 0 Å². The third kappa shape index (κ3) is 33.7. The van der Waals surface area contributed by atoms with Crippen LogP contribution in [0.3, 0.4) is 0 Å². The van der Waals surface area contributed by atoms with E-state index in [1.807, 2.05) is 13.8 Å². The molecule has 0 bridgehead atoms. The zero-order chi connectivity index (χ0) is 24.8. The maximum absolute atomic E-state index is 11.8. The number of carbonyl (C=O) groups is 2. The Bertz CT molecular complexity index is 407. The summed E-state index contributed by atoms with van der Waals surface area (Å²) in [5.74, 6) is 0.0320. The Hall–Kier alpha value is -1.83. The van der Waals surface area contributed by atoms with Crippen LogP contribution in [0.1, 0.15) is 102 Å². The fourth-order valence-electron chi connectivity index (χ4n) is 1.46. The molecule has 182 valence electrons. The maximum Gasteiger partial charge on any atom is 0.414 e. The molecule has 8 heteroatoms. The van der Waals surface area contributed by atoms with Gasteiger partial charge in [-0.25, -0.2) is 9.59 Å². The molecule has 2 amide bonds. The molecule has 0 rings (SSSR count). The zero-order valence-corrected chi connectivity index (χ0v) is 21.7. The summed E-state index contributed by atoms with van der Waals surface area (Å²) in [5.41, 5.74) is 3.23. The van der Waals surface area contributed by atoms with Gasteiger partial charge in [0.15, 0.2) is 0 Å². The smallest absolute Gasteiger partial charge is 0.414 e. The van der Waals surface area contributed by atoms with E-state index < -0.39 is 23.4 Å². The van der Waals surface area contributed by atoms with Crippen molar-refractivity contribution in [3.8, 4) is 0 Å². The van der Waals surface area contributed by atoms with Crippen LogP contribution in [-0.2, 0) is 9.47 Å². The van der Waals surface area contributed by atoms with Gasteiger partial charge in [0.05, 0.1) is 0 Å². The van der Waals surface area contributed by atoms with Crippen molar-refractivity contribution in [1.82, 2.24) is 10.6 Å². The highest BCUT2D eigenvalue weighted by molar-refractivity contribution is 6.01. The second kappa shape index (κ2) is 21.9. The summed E-state index contributed by atoms with van der Waals surface area (Å²) in [6.07, 6.45) is 2.84. The fourth-order valence-corrected chi connectivity index (χ4v) is 1.46. The van der Waals surface area contributed by atoms with Crippen LogP contribution in [0.5, 0.6) is 0 Å². The third-order valence-electron chi connectivity index (χ3n) is 2.27. The Morgan fingerprint density at radius 1 is 0.800 bits per heavy atom. The van der Waals surface area contributed by atoms with Crippen molar-refractivity contribution in [3.05, 3.63) is 0 Å². The van der Waals surface area contributed by atoms with E-state index in [2.05, 4.69) is 42.1 Å². The van der Waals surface area contributed by atoms with Crippen molar-refractivity contribution in [2.75, 3.05) is 13.6 Å². The lowest BCUT2D eigenvalue weighted by molar-refractivity contribution is 0.0545. The van der Waals surface area contributed by atoms with E-state index in [9.17, 15) is 9.59 Å². The van der Waals surface area contributed by atoms with E-state index in [4.69, 9.17) is 9.47 Å². The molecule has 8 nitrogen and oxygen atoms in total. The van der Waals surface area contributed by atoms with E-state index in [-0.39, 0.29) is 5.96 Å². The molecule has 0 fully saturated rings. The van der Waals surface area contributed by atoms with E-state index in [1.165, 1.54) is 13.5 Å². The van der Waals surface area contributed by atoms with Crippen molar-refractivity contribution in [2.45, 2.75) is 113 Å². The van der Waals surface area contributed by atoms with Crippen molar-refractivity contribution in [1.29, 1.82) is 0 Å². The Kier molecular flexibility index (Phi) is 25.9. The molecule has 30 heavy (non-hydrogen) atoms. The summed E-state index contributed by atoms with van der Waals surface area (Å²) in [4.78, 5) is 27.8. The van der Waals surface area contributed by atoms with Gasteiger partial charge in [0.1, 0.15) is 11.2 Å². The Balaban J connectivity index is -0.000000427. The van der Waals surface area contributed by atoms with E-state index >= 15 is 0 Å². The molecule has 0 saturated carbocycles. The molecule has 0 saturated heterocycles. The van der Waals surface area contributed by atoms with Gasteiger partial charge >= 0.3 is 12.2 Å². The van der Waals surface area contributed by atoms with Gasteiger partial charge in [-0.1, -0.05) is 53.9 Å². The first-order valence-corrected chi connectivity index (χ1v) is 11.0. The largest absolute Gasteiger partial charge is 0.444 e. The molecule has 0 aromatic carbocycles. The lowest BCUT2D eigenvalue weighted by Gasteiger charge is -2.22. The van der Waals surface area contributed by atoms with Gasteiger partial charge in [-0.15, -0.1) is 0 Å². The molecular weight excluding hydrogens is 384 g/mol. The second-order valence-corrected chi connectivity index (χ2v) is 7.90. The number of nitrogens with two attached hydrogens (primary N) is 1. The molecule has 0 aromatic heterocycles. The predicted octanol–water partition coefficient (Wildman–Crippen LogP) is 5.60. The third-order valence-corrected chi connectivity index (χ3v) is 2.27. The van der Waals surface area contributed by atoms with E-state index in [0.29, 0.717) is 6.54 Å². The van der Waals surface area contributed by atoms with Crippen molar-refractivity contribution in [3.63, 3.8) is 0 Å². The minimum atomic E-state index is -0.678. The SMILES string of the molecule is CC.CCC.CCCCCN=C(NC(=O)OC(C)(C)C)NC(=O)OC(C)(C)C.CN. The van der Waals surface area contributed by atoms with Gasteiger partial charge in [0.2, 0.25) is 5.96 Å². The molecule has 4 N–H and O–H groups in total. The fraction of sp³-hybridized carbons (Fsp3) is 0.864. The monoisotopic (exact) mass is 434 g/mol. The molecular formula is C22H50N4O4. The van der Waals surface area contributed by atoms with Crippen LogP contribution in [-0.4, -0.2) is 42.9 Å². The number of amides is 2. The van der Waals surface area contributed by atoms with Gasteiger partial charge < -0.3 is 15.2 Å². The van der Waals surface area contributed by atoms with Crippen molar-refractivity contribution in [2.24, 2.45) is 10.7 Å². The number of hydrogen-bond acceptors (Lipinski definition) is 6. The van der Waals surface area contributed by atoms with Gasteiger partial charge in [-0.05, 0) is 55.0 Å². The van der Waals surface area contributed by atoms with Gasteiger partial charge in [-0.3, -0.25) is 15.6 Å². The first kappa shape index (κ1) is 35.6. The highest BCUT2D eigenvalue weighted by Crippen LogP contribution is 2.07. The maximum atomic E-state index is 11.8. The summed E-state index contributed by atoms with van der Waals surface area (Å²) in [5, 5.41) is 4.89.